The molecule has 0 radical (unpaired) electrons. The Balaban J connectivity index is 1.73. The average molecular weight is 336 g/mol. The molecule has 0 bridgehead atoms. The van der Waals surface area contributed by atoms with Crippen LogP contribution < -0.4 is 10.1 Å². The number of nitrogens with one attached hydrogen (secondary N) is 1. The molecule has 0 saturated carbocycles. The van der Waals surface area contributed by atoms with Crippen molar-refractivity contribution in [1.29, 1.82) is 0 Å². The Labute approximate surface area is 140 Å². The molecule has 2 aromatic rings. The van der Waals surface area contributed by atoms with Gasteiger partial charge in [0.2, 0.25) is 0 Å². The van der Waals surface area contributed by atoms with E-state index in [2.05, 4.69) is 5.32 Å². The summed E-state index contributed by atoms with van der Waals surface area (Å²) in [6, 6.07) is 15.0. The smallest absolute Gasteiger partial charge is 0.255 e. The Hall–Kier alpha value is -1.65. The SMILES string of the molecule is COc1ccccc1C(=O)NCCSCc1cccc(Cl)c1. The molecule has 0 aliphatic heterocycles. The molecule has 3 nitrogen and oxygen atoms in total. The van der Waals surface area contributed by atoms with Crippen LogP contribution >= 0.6 is 23.4 Å². The van der Waals surface area contributed by atoms with Gasteiger partial charge in [0, 0.05) is 23.1 Å². The zero-order valence-corrected chi connectivity index (χ0v) is 13.9. The van der Waals surface area contributed by atoms with E-state index in [1.807, 2.05) is 36.4 Å². The normalized spacial score (nSPS) is 10.3. The lowest BCUT2D eigenvalue weighted by atomic mass is 10.2. The van der Waals surface area contributed by atoms with Crippen LogP contribution in [-0.2, 0) is 5.75 Å². The highest BCUT2D eigenvalue weighted by molar-refractivity contribution is 7.98. The van der Waals surface area contributed by atoms with Gasteiger partial charge in [-0.1, -0.05) is 35.9 Å². The molecule has 0 saturated heterocycles. The van der Waals surface area contributed by atoms with Crippen LogP contribution in [0.5, 0.6) is 5.75 Å². The van der Waals surface area contributed by atoms with E-state index >= 15 is 0 Å². The third-order valence-electron chi connectivity index (χ3n) is 3.04. The molecule has 22 heavy (non-hydrogen) atoms. The number of benzene rings is 2. The van der Waals surface area contributed by atoms with E-state index in [0.717, 1.165) is 16.5 Å². The van der Waals surface area contributed by atoms with Crippen molar-refractivity contribution in [3.63, 3.8) is 0 Å². The summed E-state index contributed by atoms with van der Waals surface area (Å²) < 4.78 is 5.18. The highest BCUT2D eigenvalue weighted by atomic mass is 35.5. The highest BCUT2D eigenvalue weighted by Crippen LogP contribution is 2.18. The minimum Gasteiger partial charge on any atom is -0.496 e. The number of halogens is 1. The molecular weight excluding hydrogens is 318 g/mol. The Morgan fingerprint density at radius 1 is 1.23 bits per heavy atom. The minimum atomic E-state index is -0.110. The first-order valence-electron chi connectivity index (χ1n) is 6.94. The van der Waals surface area contributed by atoms with Crippen molar-refractivity contribution < 1.29 is 9.53 Å². The Morgan fingerprint density at radius 2 is 2.05 bits per heavy atom. The van der Waals surface area contributed by atoms with Crippen molar-refractivity contribution in [2.45, 2.75) is 5.75 Å². The predicted octanol–water partition coefficient (Wildman–Crippen LogP) is 4.01. The summed E-state index contributed by atoms with van der Waals surface area (Å²) in [5, 5.41) is 3.66. The van der Waals surface area contributed by atoms with E-state index in [-0.39, 0.29) is 5.91 Å². The number of carbonyl (C=O) groups is 1. The summed E-state index contributed by atoms with van der Waals surface area (Å²) in [5.74, 6) is 2.20. The molecule has 0 fully saturated rings. The van der Waals surface area contributed by atoms with E-state index < -0.39 is 0 Å². The van der Waals surface area contributed by atoms with Crippen LogP contribution in [0.15, 0.2) is 48.5 Å². The first-order valence-corrected chi connectivity index (χ1v) is 8.47. The number of amides is 1. The number of rotatable bonds is 7. The van der Waals surface area contributed by atoms with E-state index in [4.69, 9.17) is 16.3 Å². The van der Waals surface area contributed by atoms with Crippen LogP contribution in [0.1, 0.15) is 15.9 Å². The fourth-order valence-corrected chi connectivity index (χ4v) is 3.00. The van der Waals surface area contributed by atoms with Crippen molar-refractivity contribution in [3.05, 3.63) is 64.7 Å². The molecule has 0 aliphatic carbocycles. The van der Waals surface area contributed by atoms with Crippen LogP contribution in [0.2, 0.25) is 5.02 Å². The molecule has 0 unspecified atom stereocenters. The fraction of sp³-hybridized carbons (Fsp3) is 0.235. The highest BCUT2D eigenvalue weighted by Gasteiger charge is 2.10. The van der Waals surface area contributed by atoms with Gasteiger partial charge < -0.3 is 10.1 Å². The molecule has 116 valence electrons. The maximum atomic E-state index is 12.1. The molecule has 0 aliphatic rings. The van der Waals surface area contributed by atoms with Crippen molar-refractivity contribution in [2.75, 3.05) is 19.4 Å². The molecule has 5 heteroatoms. The van der Waals surface area contributed by atoms with Gasteiger partial charge in [0.25, 0.3) is 5.91 Å². The summed E-state index contributed by atoms with van der Waals surface area (Å²) in [7, 11) is 1.56. The van der Waals surface area contributed by atoms with Crippen LogP contribution in [0.4, 0.5) is 0 Å². The number of carbonyl (C=O) groups excluding carboxylic acids is 1. The average Bonchev–Trinajstić information content (AvgIpc) is 2.54. The second-order valence-corrected chi connectivity index (χ2v) is 6.18. The Kier molecular flexibility index (Phi) is 6.62. The molecule has 0 spiro atoms. The largest absolute Gasteiger partial charge is 0.496 e. The molecule has 0 aromatic heterocycles. The van der Waals surface area contributed by atoms with Crippen molar-refractivity contribution in [1.82, 2.24) is 5.32 Å². The van der Waals surface area contributed by atoms with Crippen molar-refractivity contribution >= 4 is 29.3 Å². The summed E-state index contributed by atoms with van der Waals surface area (Å²) in [6.07, 6.45) is 0. The molecule has 0 atom stereocenters. The topological polar surface area (TPSA) is 38.3 Å². The van der Waals surface area contributed by atoms with Gasteiger partial charge in [0.05, 0.1) is 12.7 Å². The summed E-state index contributed by atoms with van der Waals surface area (Å²) in [5.41, 5.74) is 1.75. The number of thioether (sulfide) groups is 1. The zero-order chi connectivity index (χ0) is 15.8. The number of ether oxygens (including phenoxy) is 1. The van der Waals surface area contributed by atoms with Gasteiger partial charge in [-0.25, -0.2) is 0 Å². The third-order valence-corrected chi connectivity index (χ3v) is 4.31. The number of hydrogen-bond acceptors (Lipinski definition) is 3. The van der Waals surface area contributed by atoms with Crippen LogP contribution in [0.3, 0.4) is 0 Å². The lowest BCUT2D eigenvalue weighted by Crippen LogP contribution is -2.26. The first kappa shape index (κ1) is 16.7. The van der Waals surface area contributed by atoms with Gasteiger partial charge >= 0.3 is 0 Å². The lowest BCUT2D eigenvalue weighted by molar-refractivity contribution is 0.0953. The molecule has 2 rings (SSSR count). The van der Waals surface area contributed by atoms with Gasteiger partial charge in [0.1, 0.15) is 5.75 Å². The number of methoxy groups -OCH3 is 1. The van der Waals surface area contributed by atoms with Gasteiger partial charge in [-0.05, 0) is 29.8 Å². The predicted molar refractivity (Wildman–Crippen MR) is 92.9 cm³/mol. The monoisotopic (exact) mass is 335 g/mol. The van der Waals surface area contributed by atoms with E-state index in [9.17, 15) is 4.79 Å². The Bertz CT molecular complexity index is 634. The molecule has 2 aromatic carbocycles. The summed E-state index contributed by atoms with van der Waals surface area (Å²) >= 11 is 7.70. The lowest BCUT2D eigenvalue weighted by Gasteiger charge is -2.09. The van der Waals surface area contributed by atoms with Crippen molar-refractivity contribution in [3.8, 4) is 5.75 Å². The third kappa shape index (κ3) is 4.97. The number of hydrogen-bond donors (Lipinski definition) is 1. The second kappa shape index (κ2) is 8.71. The molecular formula is C17H18ClNO2S. The van der Waals surface area contributed by atoms with Gasteiger partial charge in [0.15, 0.2) is 0 Å². The molecule has 1 N–H and O–H groups in total. The standard InChI is InChI=1S/C17H18ClNO2S/c1-21-16-8-3-2-7-15(16)17(20)19-9-10-22-12-13-5-4-6-14(18)11-13/h2-8,11H,9-10,12H2,1H3,(H,19,20). The zero-order valence-electron chi connectivity index (χ0n) is 12.3. The van der Waals surface area contributed by atoms with Crippen molar-refractivity contribution in [2.24, 2.45) is 0 Å². The second-order valence-electron chi connectivity index (χ2n) is 4.64. The van der Waals surface area contributed by atoms with E-state index in [0.29, 0.717) is 17.9 Å². The first-order chi connectivity index (χ1) is 10.7. The van der Waals surface area contributed by atoms with Crippen LogP contribution in [-0.4, -0.2) is 25.3 Å². The van der Waals surface area contributed by atoms with Gasteiger partial charge in [-0.2, -0.15) is 11.8 Å². The van der Waals surface area contributed by atoms with Crippen LogP contribution in [0.25, 0.3) is 0 Å². The summed E-state index contributed by atoms with van der Waals surface area (Å²) in [4.78, 5) is 12.1. The van der Waals surface area contributed by atoms with E-state index in [1.54, 1.807) is 31.0 Å². The van der Waals surface area contributed by atoms with Crippen LogP contribution in [0, 0.1) is 0 Å². The van der Waals surface area contributed by atoms with Gasteiger partial charge in [-0.3, -0.25) is 4.79 Å². The van der Waals surface area contributed by atoms with E-state index in [1.165, 1.54) is 5.56 Å². The number of para-hydroxylation sites is 1. The minimum absolute atomic E-state index is 0.110. The quantitative estimate of drug-likeness (QED) is 0.777. The summed E-state index contributed by atoms with van der Waals surface area (Å²) in [6.45, 7) is 0.613. The van der Waals surface area contributed by atoms with Gasteiger partial charge in [-0.15, -0.1) is 0 Å². The Morgan fingerprint density at radius 3 is 2.82 bits per heavy atom. The maximum Gasteiger partial charge on any atom is 0.255 e. The molecule has 0 heterocycles. The fourth-order valence-electron chi connectivity index (χ4n) is 1.98. The molecule has 1 amide bonds. The maximum absolute atomic E-state index is 12.1.